The van der Waals surface area contributed by atoms with E-state index in [1.165, 1.54) is 12.4 Å². The second-order valence-corrected chi connectivity index (χ2v) is 4.31. The summed E-state index contributed by atoms with van der Waals surface area (Å²) < 4.78 is 0. The number of aromatic nitrogens is 2. The first-order valence-electron chi connectivity index (χ1n) is 5.09. The van der Waals surface area contributed by atoms with Crippen molar-refractivity contribution < 1.29 is 15.0 Å². The molecule has 0 spiro atoms. The zero-order valence-electron chi connectivity index (χ0n) is 9.46. The summed E-state index contributed by atoms with van der Waals surface area (Å²) in [5, 5.41) is 20.7. The third-order valence-corrected chi connectivity index (χ3v) is 2.80. The molecule has 7 heteroatoms. The van der Waals surface area contributed by atoms with Crippen molar-refractivity contribution in [3.8, 4) is 0 Å². The van der Waals surface area contributed by atoms with E-state index in [1.807, 2.05) is 6.26 Å². The van der Waals surface area contributed by atoms with E-state index in [0.717, 1.165) is 5.75 Å². The summed E-state index contributed by atoms with van der Waals surface area (Å²) in [6.45, 7) is 0.0961. The lowest BCUT2D eigenvalue weighted by molar-refractivity contribution is 0.0690. The Morgan fingerprint density at radius 1 is 1.53 bits per heavy atom. The van der Waals surface area contributed by atoms with Crippen LogP contribution in [0.5, 0.6) is 0 Å². The number of aliphatic hydroxyl groups excluding tert-OH is 1. The number of rotatable bonds is 7. The first-order chi connectivity index (χ1) is 8.17. The Morgan fingerprint density at radius 2 is 2.29 bits per heavy atom. The topological polar surface area (TPSA) is 95.3 Å². The van der Waals surface area contributed by atoms with Crippen LogP contribution < -0.4 is 5.32 Å². The number of nitrogens with zero attached hydrogens (tertiary/aromatic N) is 2. The number of carboxylic acid groups (broad SMARTS) is 1. The van der Waals surface area contributed by atoms with Crippen LogP contribution in [-0.2, 0) is 0 Å². The van der Waals surface area contributed by atoms with Crippen LogP contribution in [0.3, 0.4) is 0 Å². The molecule has 1 atom stereocenters. The molecule has 3 N–H and O–H groups in total. The molecule has 0 radical (unpaired) electrons. The Bertz CT molecular complexity index is 352. The van der Waals surface area contributed by atoms with E-state index in [0.29, 0.717) is 12.2 Å². The minimum Gasteiger partial charge on any atom is -0.476 e. The van der Waals surface area contributed by atoms with Gasteiger partial charge in [-0.3, -0.25) is 0 Å². The van der Waals surface area contributed by atoms with Crippen molar-refractivity contribution in [3.05, 3.63) is 18.1 Å². The lowest BCUT2D eigenvalue weighted by Gasteiger charge is -2.16. The summed E-state index contributed by atoms with van der Waals surface area (Å²) in [7, 11) is 0. The number of aliphatic hydroxyl groups is 1. The molecule has 0 bridgehead atoms. The number of carbonyl (C=O) groups is 1. The van der Waals surface area contributed by atoms with Gasteiger partial charge in [0, 0.05) is 18.4 Å². The van der Waals surface area contributed by atoms with Gasteiger partial charge in [0.2, 0.25) is 0 Å². The monoisotopic (exact) mass is 257 g/mol. The second kappa shape index (κ2) is 7.08. The van der Waals surface area contributed by atoms with Crippen LogP contribution in [0.1, 0.15) is 16.9 Å². The SMILES string of the molecule is CSCC(CCO)Nc1cnc(C(=O)O)cn1. The molecule has 94 valence electrons. The van der Waals surface area contributed by atoms with Crippen molar-refractivity contribution in [3.63, 3.8) is 0 Å². The molecule has 0 amide bonds. The van der Waals surface area contributed by atoms with Gasteiger partial charge < -0.3 is 15.5 Å². The Kier molecular flexibility index (Phi) is 5.71. The predicted octanol–water partition coefficient (Wildman–Crippen LogP) is 0.701. The van der Waals surface area contributed by atoms with Crippen LogP contribution in [0.15, 0.2) is 12.4 Å². The largest absolute Gasteiger partial charge is 0.476 e. The lowest BCUT2D eigenvalue weighted by Crippen LogP contribution is -2.24. The van der Waals surface area contributed by atoms with E-state index in [-0.39, 0.29) is 18.3 Å². The van der Waals surface area contributed by atoms with E-state index in [9.17, 15) is 4.79 Å². The first kappa shape index (κ1) is 13.7. The van der Waals surface area contributed by atoms with E-state index >= 15 is 0 Å². The van der Waals surface area contributed by atoms with Crippen LogP contribution >= 0.6 is 11.8 Å². The van der Waals surface area contributed by atoms with E-state index in [2.05, 4.69) is 15.3 Å². The predicted molar refractivity (Wildman–Crippen MR) is 66.5 cm³/mol. The van der Waals surface area contributed by atoms with Crippen molar-refractivity contribution >= 4 is 23.5 Å². The lowest BCUT2D eigenvalue weighted by atomic mass is 10.2. The van der Waals surface area contributed by atoms with Crippen LogP contribution in [-0.4, -0.2) is 50.8 Å². The molecule has 0 saturated carbocycles. The van der Waals surface area contributed by atoms with Crippen molar-refractivity contribution in [2.24, 2.45) is 0 Å². The van der Waals surface area contributed by atoms with Gasteiger partial charge in [-0.05, 0) is 12.7 Å². The Labute approximate surface area is 103 Å². The minimum atomic E-state index is -1.10. The molecule has 0 aromatic carbocycles. The van der Waals surface area contributed by atoms with Crippen LogP contribution in [0.4, 0.5) is 5.82 Å². The Hall–Kier alpha value is -1.34. The zero-order valence-corrected chi connectivity index (χ0v) is 10.3. The van der Waals surface area contributed by atoms with Gasteiger partial charge in [-0.15, -0.1) is 0 Å². The molecule has 17 heavy (non-hydrogen) atoms. The molecular formula is C10H15N3O3S. The zero-order chi connectivity index (χ0) is 12.7. The number of nitrogens with one attached hydrogen (secondary N) is 1. The number of hydrogen-bond donors (Lipinski definition) is 3. The van der Waals surface area contributed by atoms with Gasteiger partial charge in [0.15, 0.2) is 5.69 Å². The summed E-state index contributed by atoms with van der Waals surface area (Å²) in [6.07, 6.45) is 5.18. The average molecular weight is 257 g/mol. The van der Waals surface area contributed by atoms with Crippen molar-refractivity contribution in [1.29, 1.82) is 0 Å². The molecule has 0 aliphatic carbocycles. The van der Waals surface area contributed by atoms with E-state index < -0.39 is 5.97 Å². The smallest absolute Gasteiger partial charge is 0.356 e. The molecule has 1 aromatic rings. The Balaban J connectivity index is 2.62. The minimum absolute atomic E-state index is 0.0841. The third kappa shape index (κ3) is 4.58. The molecular weight excluding hydrogens is 242 g/mol. The van der Waals surface area contributed by atoms with Crippen molar-refractivity contribution in [2.75, 3.05) is 23.9 Å². The average Bonchev–Trinajstić information content (AvgIpc) is 2.30. The Morgan fingerprint density at radius 3 is 2.76 bits per heavy atom. The maximum Gasteiger partial charge on any atom is 0.356 e. The highest BCUT2D eigenvalue weighted by molar-refractivity contribution is 7.98. The highest BCUT2D eigenvalue weighted by Crippen LogP contribution is 2.09. The maximum atomic E-state index is 10.6. The number of anilines is 1. The van der Waals surface area contributed by atoms with Crippen LogP contribution in [0.25, 0.3) is 0 Å². The van der Waals surface area contributed by atoms with Gasteiger partial charge in [0.05, 0.1) is 12.4 Å². The fourth-order valence-corrected chi connectivity index (χ4v) is 1.93. The summed E-state index contributed by atoms with van der Waals surface area (Å²) >= 11 is 1.66. The first-order valence-corrected chi connectivity index (χ1v) is 6.48. The summed E-state index contributed by atoms with van der Waals surface area (Å²) in [5.41, 5.74) is -0.0841. The van der Waals surface area contributed by atoms with Gasteiger partial charge in [-0.25, -0.2) is 14.8 Å². The molecule has 1 heterocycles. The molecule has 1 unspecified atom stereocenters. The quantitative estimate of drug-likeness (QED) is 0.661. The fraction of sp³-hybridized carbons (Fsp3) is 0.500. The van der Waals surface area contributed by atoms with Crippen molar-refractivity contribution in [2.45, 2.75) is 12.5 Å². The molecule has 0 aliphatic rings. The summed E-state index contributed by atoms with van der Waals surface area (Å²) in [4.78, 5) is 18.3. The second-order valence-electron chi connectivity index (χ2n) is 3.40. The summed E-state index contributed by atoms with van der Waals surface area (Å²) in [5.74, 6) is 0.255. The molecule has 0 aliphatic heterocycles. The van der Waals surface area contributed by atoms with E-state index in [4.69, 9.17) is 10.2 Å². The number of hydrogen-bond acceptors (Lipinski definition) is 6. The molecule has 6 nitrogen and oxygen atoms in total. The number of carboxylic acids is 1. The molecule has 1 rings (SSSR count). The number of aromatic carboxylic acids is 1. The molecule has 0 fully saturated rings. The van der Waals surface area contributed by atoms with Gasteiger partial charge in [0.1, 0.15) is 5.82 Å². The number of thioether (sulfide) groups is 1. The summed E-state index contributed by atoms with van der Waals surface area (Å²) in [6, 6.07) is 0.0972. The highest BCUT2D eigenvalue weighted by atomic mass is 32.2. The van der Waals surface area contributed by atoms with Crippen LogP contribution in [0, 0.1) is 0 Å². The standard InChI is InChI=1S/C10H15N3O3S/c1-17-6-7(2-3-14)13-9-5-11-8(4-12-9)10(15)16/h4-5,7,14H,2-3,6H2,1H3,(H,12,13)(H,15,16). The van der Waals surface area contributed by atoms with E-state index in [1.54, 1.807) is 11.8 Å². The fourth-order valence-electron chi connectivity index (χ4n) is 1.28. The normalized spacial score (nSPS) is 12.1. The molecule has 1 aromatic heterocycles. The van der Waals surface area contributed by atoms with Crippen molar-refractivity contribution in [1.82, 2.24) is 9.97 Å². The van der Waals surface area contributed by atoms with Crippen LogP contribution in [0.2, 0.25) is 0 Å². The highest BCUT2D eigenvalue weighted by Gasteiger charge is 2.09. The maximum absolute atomic E-state index is 10.6. The third-order valence-electron chi connectivity index (χ3n) is 2.07. The molecule has 0 saturated heterocycles. The van der Waals surface area contributed by atoms with Gasteiger partial charge in [0.25, 0.3) is 0 Å². The van der Waals surface area contributed by atoms with Gasteiger partial charge >= 0.3 is 5.97 Å². The van der Waals surface area contributed by atoms with Gasteiger partial charge in [-0.2, -0.15) is 11.8 Å². The van der Waals surface area contributed by atoms with Gasteiger partial charge in [-0.1, -0.05) is 0 Å².